The third kappa shape index (κ3) is 3.24. The Kier molecular flexibility index (Phi) is 4.50. The monoisotopic (exact) mass is 291 g/mol. The minimum atomic E-state index is -0.494. The normalized spacial score (nSPS) is 18.2. The maximum Gasteiger partial charge on any atom is 0.135 e. The summed E-state index contributed by atoms with van der Waals surface area (Å²) in [5, 5.41) is 19.8. The Morgan fingerprint density at radius 3 is 2.71 bits per heavy atom. The van der Waals surface area contributed by atoms with E-state index in [0.29, 0.717) is 18.9 Å². The highest BCUT2D eigenvalue weighted by molar-refractivity contribution is 5.75. The van der Waals surface area contributed by atoms with Crippen LogP contribution < -0.4 is 0 Å². The van der Waals surface area contributed by atoms with E-state index < -0.39 is 6.10 Å². The summed E-state index contributed by atoms with van der Waals surface area (Å²) in [4.78, 5) is 6.60. The predicted molar refractivity (Wildman–Crippen MR) is 78.9 cm³/mol. The molecule has 1 aliphatic heterocycles. The van der Waals surface area contributed by atoms with Gasteiger partial charge in [-0.05, 0) is 12.1 Å². The van der Waals surface area contributed by atoms with Crippen LogP contribution in [0.25, 0.3) is 11.0 Å². The quantitative estimate of drug-likeness (QED) is 0.825. The molecule has 2 heterocycles. The molecule has 1 aromatic carbocycles. The smallest absolute Gasteiger partial charge is 0.135 e. The van der Waals surface area contributed by atoms with Crippen molar-refractivity contribution in [3.05, 3.63) is 30.1 Å². The fourth-order valence-electron chi connectivity index (χ4n) is 2.80. The van der Waals surface area contributed by atoms with Crippen LogP contribution in [0.1, 0.15) is 5.82 Å². The number of ether oxygens (including phenoxy) is 1. The van der Waals surface area contributed by atoms with E-state index in [4.69, 9.17) is 4.74 Å². The van der Waals surface area contributed by atoms with Crippen molar-refractivity contribution in [2.45, 2.75) is 19.3 Å². The second kappa shape index (κ2) is 6.53. The van der Waals surface area contributed by atoms with Gasteiger partial charge in [-0.1, -0.05) is 12.1 Å². The van der Waals surface area contributed by atoms with Crippen LogP contribution in [0.4, 0.5) is 0 Å². The van der Waals surface area contributed by atoms with Gasteiger partial charge in [-0.2, -0.15) is 0 Å². The summed E-state index contributed by atoms with van der Waals surface area (Å²) in [5.74, 6) is 0.595. The number of para-hydroxylation sites is 2. The van der Waals surface area contributed by atoms with Gasteiger partial charge >= 0.3 is 0 Å². The molecule has 0 radical (unpaired) electrons. The first kappa shape index (κ1) is 14.5. The van der Waals surface area contributed by atoms with Gasteiger partial charge < -0.3 is 19.5 Å². The van der Waals surface area contributed by atoms with E-state index in [0.717, 1.165) is 37.3 Å². The lowest BCUT2D eigenvalue weighted by molar-refractivity contribution is 0.0114. The first-order chi connectivity index (χ1) is 10.3. The molecule has 1 atom stereocenters. The molecule has 21 heavy (non-hydrogen) atoms. The zero-order valence-electron chi connectivity index (χ0n) is 12.0. The number of nitrogens with zero attached hydrogens (tertiary/aromatic N) is 3. The summed E-state index contributed by atoms with van der Waals surface area (Å²) in [7, 11) is 0. The third-order valence-electron chi connectivity index (χ3n) is 3.84. The van der Waals surface area contributed by atoms with Crippen molar-refractivity contribution in [3.63, 3.8) is 0 Å². The molecule has 6 nitrogen and oxygen atoms in total. The lowest BCUT2D eigenvalue weighted by Gasteiger charge is -2.28. The number of hydrogen-bond donors (Lipinski definition) is 2. The van der Waals surface area contributed by atoms with Crippen LogP contribution in [0.2, 0.25) is 0 Å². The maximum absolute atomic E-state index is 10.3. The Balaban J connectivity index is 1.74. The van der Waals surface area contributed by atoms with Gasteiger partial charge in [0, 0.05) is 19.6 Å². The van der Waals surface area contributed by atoms with Crippen LogP contribution in [0.5, 0.6) is 0 Å². The number of aliphatic hydroxyl groups excluding tert-OH is 2. The van der Waals surface area contributed by atoms with Crippen molar-refractivity contribution in [2.75, 3.05) is 32.8 Å². The zero-order chi connectivity index (χ0) is 14.7. The van der Waals surface area contributed by atoms with Crippen molar-refractivity contribution in [2.24, 2.45) is 0 Å². The van der Waals surface area contributed by atoms with Crippen molar-refractivity contribution < 1.29 is 14.9 Å². The van der Waals surface area contributed by atoms with Gasteiger partial charge in [0.2, 0.25) is 0 Å². The number of fused-ring (bicyclic) bond motifs is 1. The largest absolute Gasteiger partial charge is 0.390 e. The molecule has 0 amide bonds. The maximum atomic E-state index is 10.3. The van der Waals surface area contributed by atoms with E-state index in [1.54, 1.807) is 0 Å². The minimum Gasteiger partial charge on any atom is -0.390 e. The fourth-order valence-corrected chi connectivity index (χ4v) is 2.80. The molecule has 1 saturated heterocycles. The first-order valence-electron chi connectivity index (χ1n) is 7.31. The van der Waals surface area contributed by atoms with Crippen LogP contribution in [0.15, 0.2) is 24.3 Å². The summed E-state index contributed by atoms with van der Waals surface area (Å²) in [5.41, 5.74) is 1.79. The molecule has 0 bridgehead atoms. The Hall–Kier alpha value is -1.47. The van der Waals surface area contributed by atoms with Crippen LogP contribution in [-0.2, 0) is 17.9 Å². The van der Waals surface area contributed by atoms with Gasteiger partial charge in [-0.25, -0.2) is 4.98 Å². The Bertz CT molecular complexity index is 593. The predicted octanol–water partition coefficient (Wildman–Crippen LogP) is 0.222. The number of hydrogen-bond acceptors (Lipinski definition) is 5. The number of benzene rings is 1. The van der Waals surface area contributed by atoms with Crippen molar-refractivity contribution >= 4 is 11.0 Å². The number of rotatable bonds is 5. The van der Waals surface area contributed by atoms with Gasteiger partial charge in [0.1, 0.15) is 12.4 Å². The summed E-state index contributed by atoms with van der Waals surface area (Å²) in [6.07, 6.45) is -0.494. The molecule has 1 unspecified atom stereocenters. The van der Waals surface area contributed by atoms with Crippen molar-refractivity contribution in [1.82, 2.24) is 14.5 Å². The molecule has 2 aromatic rings. The van der Waals surface area contributed by atoms with E-state index in [-0.39, 0.29) is 6.61 Å². The summed E-state index contributed by atoms with van der Waals surface area (Å²) in [6.45, 7) is 4.09. The molecule has 0 aliphatic carbocycles. The summed E-state index contributed by atoms with van der Waals surface area (Å²) < 4.78 is 7.21. The van der Waals surface area contributed by atoms with Gasteiger partial charge in [-0.15, -0.1) is 0 Å². The van der Waals surface area contributed by atoms with E-state index in [2.05, 4.69) is 9.88 Å². The molecule has 0 spiro atoms. The lowest BCUT2D eigenvalue weighted by atomic mass is 10.2. The highest BCUT2D eigenvalue weighted by atomic mass is 16.5. The molecule has 1 aliphatic rings. The molecule has 6 heteroatoms. The molecule has 114 valence electrons. The van der Waals surface area contributed by atoms with Crippen molar-refractivity contribution in [3.8, 4) is 0 Å². The highest BCUT2D eigenvalue weighted by Crippen LogP contribution is 2.17. The molecule has 2 N–H and O–H groups in total. The second-order valence-corrected chi connectivity index (χ2v) is 5.35. The second-order valence-electron chi connectivity index (χ2n) is 5.35. The highest BCUT2D eigenvalue weighted by Gasteiger charge is 2.17. The molecule has 1 aromatic heterocycles. The van der Waals surface area contributed by atoms with Crippen LogP contribution in [0, 0.1) is 0 Å². The van der Waals surface area contributed by atoms with E-state index in [9.17, 15) is 10.2 Å². The first-order valence-corrected chi connectivity index (χ1v) is 7.31. The Morgan fingerprint density at radius 2 is 1.95 bits per heavy atom. The van der Waals surface area contributed by atoms with Gasteiger partial charge in [-0.3, -0.25) is 4.90 Å². The van der Waals surface area contributed by atoms with E-state index in [1.807, 2.05) is 28.8 Å². The molecule has 1 fully saturated rings. The third-order valence-corrected chi connectivity index (χ3v) is 3.84. The average Bonchev–Trinajstić information content (AvgIpc) is 2.86. The molecule has 0 saturated carbocycles. The van der Waals surface area contributed by atoms with Gasteiger partial charge in [0.05, 0.1) is 36.9 Å². The number of β-amino-alcohol motifs (C(OH)–C–C–N with tert-alkyl or cyclic N) is 1. The van der Waals surface area contributed by atoms with Crippen molar-refractivity contribution in [1.29, 1.82) is 0 Å². The number of morpholine rings is 1. The zero-order valence-corrected chi connectivity index (χ0v) is 12.0. The number of aromatic nitrogens is 2. The lowest BCUT2D eigenvalue weighted by Crippen LogP contribution is -2.42. The van der Waals surface area contributed by atoms with Crippen LogP contribution in [-0.4, -0.2) is 63.6 Å². The standard InChI is InChI=1S/C15H21N3O3/c19-11-15-16-13-3-1-2-4-14(13)18(15)10-12(20)9-17-5-7-21-8-6-17/h1-4,12,19-20H,5-11H2. The van der Waals surface area contributed by atoms with Crippen LogP contribution >= 0.6 is 0 Å². The van der Waals surface area contributed by atoms with E-state index >= 15 is 0 Å². The molecular weight excluding hydrogens is 270 g/mol. The number of imidazole rings is 1. The fraction of sp³-hybridized carbons (Fsp3) is 0.533. The SMILES string of the molecule is OCc1nc2ccccc2n1CC(O)CN1CCOCC1. The summed E-state index contributed by atoms with van der Waals surface area (Å²) in [6, 6.07) is 7.74. The van der Waals surface area contributed by atoms with Crippen LogP contribution in [0.3, 0.4) is 0 Å². The minimum absolute atomic E-state index is 0.126. The Morgan fingerprint density at radius 1 is 1.19 bits per heavy atom. The Labute approximate surface area is 123 Å². The average molecular weight is 291 g/mol. The van der Waals surface area contributed by atoms with E-state index in [1.165, 1.54) is 0 Å². The number of aliphatic hydroxyl groups is 2. The molecule has 3 rings (SSSR count). The molecular formula is C15H21N3O3. The topological polar surface area (TPSA) is 70.8 Å². The summed E-state index contributed by atoms with van der Waals surface area (Å²) >= 11 is 0. The van der Waals surface area contributed by atoms with Gasteiger partial charge in [0.25, 0.3) is 0 Å². The van der Waals surface area contributed by atoms with Gasteiger partial charge in [0.15, 0.2) is 0 Å².